The summed E-state index contributed by atoms with van der Waals surface area (Å²) >= 11 is 1.37. The van der Waals surface area contributed by atoms with E-state index in [-0.39, 0.29) is 5.78 Å². The first-order chi connectivity index (χ1) is 11.6. The highest BCUT2D eigenvalue weighted by molar-refractivity contribution is 7.18. The maximum absolute atomic E-state index is 13.1. The zero-order valence-corrected chi connectivity index (χ0v) is 14.2. The predicted molar refractivity (Wildman–Crippen MR) is 93.8 cm³/mol. The number of benzene rings is 2. The molecule has 3 aromatic rings. The van der Waals surface area contributed by atoms with Crippen LogP contribution in [-0.4, -0.2) is 17.9 Å². The number of fused-ring (bicyclic) bond motifs is 1. The molecule has 24 heavy (non-hydrogen) atoms. The molecule has 1 heterocycles. The van der Waals surface area contributed by atoms with Crippen molar-refractivity contribution >= 4 is 27.3 Å². The number of para-hydroxylation sites is 1. The van der Waals surface area contributed by atoms with Crippen LogP contribution in [0.2, 0.25) is 0 Å². The number of nitriles is 1. The SMILES string of the molecule is CO[C@@](C)(C(=O)[C@@H](C#N)c1nc2ccccc2s1)c1ccccc1. The molecule has 0 N–H and O–H groups in total. The number of carbonyl (C=O) groups is 1. The first-order valence-electron chi connectivity index (χ1n) is 7.50. The lowest BCUT2D eigenvalue weighted by molar-refractivity contribution is -0.140. The van der Waals surface area contributed by atoms with Gasteiger partial charge >= 0.3 is 0 Å². The van der Waals surface area contributed by atoms with Gasteiger partial charge in [0.1, 0.15) is 10.6 Å². The molecule has 0 saturated heterocycles. The Morgan fingerprint density at radius 1 is 1.21 bits per heavy atom. The zero-order valence-electron chi connectivity index (χ0n) is 13.4. The van der Waals surface area contributed by atoms with E-state index < -0.39 is 11.5 Å². The van der Waals surface area contributed by atoms with Gasteiger partial charge in [0.2, 0.25) is 0 Å². The number of ketones is 1. The predicted octanol–water partition coefficient (Wildman–Crippen LogP) is 4.03. The van der Waals surface area contributed by atoms with Crippen LogP contribution < -0.4 is 0 Å². The summed E-state index contributed by atoms with van der Waals surface area (Å²) < 4.78 is 6.50. The van der Waals surface area contributed by atoms with Crippen LogP contribution in [-0.2, 0) is 15.1 Å². The fraction of sp³-hybridized carbons (Fsp3) is 0.211. The molecule has 0 aliphatic heterocycles. The molecule has 0 aliphatic rings. The minimum Gasteiger partial charge on any atom is -0.366 e. The Morgan fingerprint density at radius 3 is 2.50 bits per heavy atom. The quantitative estimate of drug-likeness (QED) is 0.705. The first-order valence-corrected chi connectivity index (χ1v) is 8.32. The van der Waals surface area contributed by atoms with Gasteiger partial charge in [0, 0.05) is 7.11 Å². The van der Waals surface area contributed by atoms with Crippen LogP contribution in [0.25, 0.3) is 10.2 Å². The van der Waals surface area contributed by atoms with Crippen molar-refractivity contribution in [2.45, 2.75) is 18.4 Å². The summed E-state index contributed by atoms with van der Waals surface area (Å²) in [5, 5.41) is 10.1. The van der Waals surface area contributed by atoms with Crippen LogP contribution in [0.15, 0.2) is 54.6 Å². The van der Waals surface area contributed by atoms with E-state index in [1.165, 1.54) is 18.4 Å². The Kier molecular flexibility index (Phi) is 4.43. The molecule has 5 heteroatoms. The largest absolute Gasteiger partial charge is 0.366 e. The summed E-state index contributed by atoms with van der Waals surface area (Å²) in [6, 6.07) is 18.9. The summed E-state index contributed by atoms with van der Waals surface area (Å²) in [4.78, 5) is 17.6. The van der Waals surface area contributed by atoms with Crippen molar-refractivity contribution in [1.82, 2.24) is 4.98 Å². The molecular weight excluding hydrogens is 320 g/mol. The third-order valence-electron chi connectivity index (χ3n) is 4.15. The standard InChI is InChI=1S/C19H16N2O2S/c1-19(23-2,13-8-4-3-5-9-13)17(22)14(12-20)18-21-15-10-6-7-11-16(15)24-18/h3-11,14H,1-2H3/t14-,19-/m1/s1. The molecule has 4 nitrogen and oxygen atoms in total. The minimum absolute atomic E-state index is 0.308. The van der Waals surface area contributed by atoms with Crippen molar-refractivity contribution in [3.8, 4) is 6.07 Å². The minimum atomic E-state index is -1.19. The van der Waals surface area contributed by atoms with Gasteiger partial charge in [-0.15, -0.1) is 11.3 Å². The number of methoxy groups -OCH3 is 1. The van der Waals surface area contributed by atoms with Crippen LogP contribution >= 0.6 is 11.3 Å². The number of ether oxygens (including phenoxy) is 1. The number of aromatic nitrogens is 1. The summed E-state index contributed by atoms with van der Waals surface area (Å²) in [5.74, 6) is -1.27. The van der Waals surface area contributed by atoms with Gasteiger partial charge in [0.15, 0.2) is 11.7 Å². The van der Waals surface area contributed by atoms with Gasteiger partial charge in [-0.05, 0) is 24.6 Å². The van der Waals surface area contributed by atoms with Crippen molar-refractivity contribution in [2.75, 3.05) is 7.11 Å². The lowest BCUT2D eigenvalue weighted by Crippen LogP contribution is -2.38. The molecular formula is C19H16N2O2S. The Labute approximate surface area is 144 Å². The highest BCUT2D eigenvalue weighted by Gasteiger charge is 2.41. The fourth-order valence-corrected chi connectivity index (χ4v) is 3.64. The third-order valence-corrected chi connectivity index (χ3v) is 5.25. The second kappa shape index (κ2) is 6.52. The Hall–Kier alpha value is -2.55. The molecule has 0 aliphatic carbocycles. The number of thiazole rings is 1. The molecule has 120 valence electrons. The average Bonchev–Trinajstić information content (AvgIpc) is 3.06. The fourth-order valence-electron chi connectivity index (χ4n) is 2.63. The van der Waals surface area contributed by atoms with Gasteiger partial charge in [-0.2, -0.15) is 5.26 Å². The van der Waals surface area contributed by atoms with E-state index in [0.717, 1.165) is 15.8 Å². The topological polar surface area (TPSA) is 63.0 Å². The van der Waals surface area contributed by atoms with Crippen molar-refractivity contribution in [1.29, 1.82) is 5.26 Å². The highest BCUT2D eigenvalue weighted by atomic mass is 32.1. The third kappa shape index (κ3) is 2.71. The lowest BCUT2D eigenvalue weighted by atomic mass is 9.85. The highest BCUT2D eigenvalue weighted by Crippen LogP contribution is 2.35. The van der Waals surface area contributed by atoms with E-state index in [9.17, 15) is 10.1 Å². The summed E-state index contributed by atoms with van der Waals surface area (Å²) in [6.45, 7) is 1.70. The zero-order chi connectivity index (χ0) is 17.2. The molecule has 0 bridgehead atoms. The maximum atomic E-state index is 13.1. The van der Waals surface area contributed by atoms with Gasteiger partial charge < -0.3 is 4.74 Å². The molecule has 0 unspecified atom stereocenters. The van der Waals surface area contributed by atoms with E-state index in [2.05, 4.69) is 11.1 Å². The van der Waals surface area contributed by atoms with Crippen LogP contribution in [0.4, 0.5) is 0 Å². The number of hydrogen-bond acceptors (Lipinski definition) is 5. The average molecular weight is 336 g/mol. The molecule has 0 fully saturated rings. The first kappa shape index (κ1) is 16.3. The summed E-state index contributed by atoms with van der Waals surface area (Å²) in [5.41, 5.74) is 0.322. The van der Waals surface area contributed by atoms with Gasteiger partial charge in [-0.1, -0.05) is 42.5 Å². The van der Waals surface area contributed by atoms with Crippen LogP contribution in [0.5, 0.6) is 0 Å². The van der Waals surface area contributed by atoms with Crippen molar-refractivity contribution < 1.29 is 9.53 Å². The molecule has 0 amide bonds. The maximum Gasteiger partial charge on any atom is 0.192 e. The number of nitrogens with zero attached hydrogens (tertiary/aromatic N) is 2. The Morgan fingerprint density at radius 2 is 1.88 bits per heavy atom. The smallest absolute Gasteiger partial charge is 0.192 e. The summed E-state index contributed by atoms with van der Waals surface area (Å²) in [6.07, 6.45) is 0. The molecule has 0 spiro atoms. The van der Waals surface area contributed by atoms with Gasteiger partial charge in [0.05, 0.1) is 16.3 Å². The van der Waals surface area contributed by atoms with Gasteiger partial charge in [0.25, 0.3) is 0 Å². The van der Waals surface area contributed by atoms with E-state index >= 15 is 0 Å². The van der Waals surface area contributed by atoms with Crippen molar-refractivity contribution in [3.05, 3.63) is 65.2 Å². The monoisotopic (exact) mass is 336 g/mol. The van der Waals surface area contributed by atoms with E-state index in [1.54, 1.807) is 6.92 Å². The molecule has 0 saturated carbocycles. The van der Waals surface area contributed by atoms with E-state index in [0.29, 0.717) is 5.01 Å². The number of carbonyl (C=O) groups excluding carboxylic acids is 1. The Bertz CT molecular complexity index is 881. The van der Waals surface area contributed by atoms with Crippen LogP contribution in [0.3, 0.4) is 0 Å². The van der Waals surface area contributed by atoms with Crippen molar-refractivity contribution in [2.24, 2.45) is 0 Å². The van der Waals surface area contributed by atoms with Crippen LogP contribution in [0.1, 0.15) is 23.4 Å². The molecule has 2 atom stereocenters. The number of Topliss-reactive ketones (excluding diaryl/α,β-unsaturated/α-hetero) is 1. The van der Waals surface area contributed by atoms with Gasteiger partial charge in [-0.25, -0.2) is 4.98 Å². The van der Waals surface area contributed by atoms with E-state index in [4.69, 9.17) is 4.74 Å². The Balaban J connectivity index is 2.03. The lowest BCUT2D eigenvalue weighted by Gasteiger charge is -2.28. The second-order valence-corrected chi connectivity index (χ2v) is 6.61. The molecule has 2 aromatic carbocycles. The number of rotatable bonds is 5. The second-order valence-electron chi connectivity index (χ2n) is 5.55. The van der Waals surface area contributed by atoms with Gasteiger partial charge in [-0.3, -0.25) is 4.79 Å². The number of hydrogen-bond donors (Lipinski definition) is 0. The molecule has 1 aromatic heterocycles. The van der Waals surface area contributed by atoms with Crippen LogP contribution in [0, 0.1) is 11.3 Å². The molecule has 3 rings (SSSR count). The molecule has 0 radical (unpaired) electrons. The summed E-state index contributed by atoms with van der Waals surface area (Å²) in [7, 11) is 1.48. The normalized spacial score (nSPS) is 14.7. The van der Waals surface area contributed by atoms with Crippen molar-refractivity contribution in [3.63, 3.8) is 0 Å². The van der Waals surface area contributed by atoms with E-state index in [1.807, 2.05) is 54.6 Å².